The maximum atomic E-state index is 11.9. The Morgan fingerprint density at radius 2 is 2.22 bits per heavy atom. The zero-order chi connectivity index (χ0) is 16.8. The Labute approximate surface area is 141 Å². The topological polar surface area (TPSA) is 50.7 Å². The van der Waals surface area contributed by atoms with Crippen LogP contribution in [0.3, 0.4) is 0 Å². The fraction of sp³-hybridized carbons (Fsp3) is 0.333. The van der Waals surface area contributed by atoms with E-state index < -0.39 is 0 Å². The van der Waals surface area contributed by atoms with Crippen LogP contribution in [0, 0.1) is 5.92 Å². The van der Waals surface area contributed by atoms with Gasteiger partial charge in [0.25, 0.3) is 5.91 Å². The molecular formula is C18H21ClN2O2. The van der Waals surface area contributed by atoms with Gasteiger partial charge in [-0.15, -0.1) is 0 Å². The van der Waals surface area contributed by atoms with Crippen molar-refractivity contribution < 1.29 is 9.53 Å². The predicted octanol–water partition coefficient (Wildman–Crippen LogP) is 4.12. The van der Waals surface area contributed by atoms with E-state index in [0.717, 1.165) is 29.7 Å². The molecule has 0 aliphatic heterocycles. The number of amides is 1. The van der Waals surface area contributed by atoms with Crippen LogP contribution in [0.1, 0.15) is 26.7 Å². The molecule has 1 aliphatic carbocycles. The molecule has 0 bridgehead atoms. The molecule has 1 aromatic carbocycles. The van der Waals surface area contributed by atoms with E-state index in [0.29, 0.717) is 16.7 Å². The van der Waals surface area contributed by atoms with Gasteiger partial charge in [-0.3, -0.25) is 4.79 Å². The number of para-hydroxylation sites is 1. The molecule has 0 heterocycles. The number of ether oxygens (including phenoxy) is 1. The minimum atomic E-state index is -0.317. The number of carbonyl (C=O) groups excluding carboxylic acids is 1. The molecule has 23 heavy (non-hydrogen) atoms. The van der Waals surface area contributed by atoms with Gasteiger partial charge in [-0.1, -0.05) is 42.0 Å². The third-order valence-electron chi connectivity index (χ3n) is 3.81. The van der Waals surface area contributed by atoms with E-state index in [1.54, 1.807) is 24.3 Å². The first kappa shape index (κ1) is 17.3. The van der Waals surface area contributed by atoms with Gasteiger partial charge in [-0.2, -0.15) is 5.10 Å². The number of halogens is 1. The lowest BCUT2D eigenvalue weighted by Gasteiger charge is -2.22. The third kappa shape index (κ3) is 4.96. The van der Waals surface area contributed by atoms with E-state index in [-0.39, 0.29) is 12.5 Å². The number of nitrogens with zero attached hydrogens (tertiary/aromatic N) is 1. The molecule has 0 unspecified atom stereocenters. The Bertz CT molecular complexity index is 665. The molecule has 4 nitrogen and oxygen atoms in total. The van der Waals surface area contributed by atoms with Crippen molar-refractivity contribution >= 4 is 23.2 Å². The van der Waals surface area contributed by atoms with E-state index in [9.17, 15) is 4.79 Å². The number of benzene rings is 1. The van der Waals surface area contributed by atoms with Gasteiger partial charge >= 0.3 is 0 Å². The van der Waals surface area contributed by atoms with Crippen LogP contribution in [0.4, 0.5) is 0 Å². The smallest absolute Gasteiger partial charge is 0.277 e. The van der Waals surface area contributed by atoms with Gasteiger partial charge in [-0.05, 0) is 50.3 Å². The Morgan fingerprint density at radius 1 is 1.48 bits per heavy atom. The van der Waals surface area contributed by atoms with Crippen molar-refractivity contribution in [3.63, 3.8) is 0 Å². The number of nitrogens with one attached hydrogen (secondary N) is 1. The molecule has 1 amide bonds. The molecule has 5 heteroatoms. The molecule has 0 radical (unpaired) electrons. The van der Waals surface area contributed by atoms with Crippen LogP contribution in [0.2, 0.25) is 5.02 Å². The van der Waals surface area contributed by atoms with Gasteiger partial charge in [0.1, 0.15) is 5.75 Å². The van der Waals surface area contributed by atoms with E-state index in [4.69, 9.17) is 16.3 Å². The fourth-order valence-electron chi connectivity index (χ4n) is 2.29. The second-order valence-corrected chi connectivity index (χ2v) is 6.09. The van der Waals surface area contributed by atoms with Crippen LogP contribution in [0.15, 0.2) is 53.2 Å². The lowest BCUT2D eigenvalue weighted by atomic mass is 9.85. The Hall–Kier alpha value is -2.07. The molecular weight excluding hydrogens is 312 g/mol. The molecule has 0 spiro atoms. The Balaban J connectivity index is 1.90. The molecule has 122 valence electrons. The largest absolute Gasteiger partial charge is 0.482 e. The van der Waals surface area contributed by atoms with Gasteiger partial charge in [0, 0.05) is 0 Å². The second kappa shape index (κ2) is 7.97. The molecule has 1 aromatic rings. The van der Waals surface area contributed by atoms with Crippen LogP contribution in [0.5, 0.6) is 5.75 Å². The van der Waals surface area contributed by atoms with Crippen LogP contribution in [0.25, 0.3) is 0 Å². The van der Waals surface area contributed by atoms with Gasteiger partial charge in [0.15, 0.2) is 6.61 Å². The summed E-state index contributed by atoms with van der Waals surface area (Å²) in [4.78, 5) is 11.9. The standard InChI is InChI=1S/C18H21ClN2O2/c1-12(2)14-9-8-13(3)16(10-14)20-21-18(22)11-23-17-7-5-4-6-15(17)19/h4-8,14H,1,9-11H2,2-3H3,(H,21,22)/b20-16+/t14-/m1/s1. The van der Waals surface area contributed by atoms with E-state index in [1.807, 2.05) is 13.8 Å². The quantitative estimate of drug-likeness (QED) is 0.651. The summed E-state index contributed by atoms with van der Waals surface area (Å²) in [6, 6.07) is 7.03. The molecule has 0 aromatic heterocycles. The summed E-state index contributed by atoms with van der Waals surface area (Å²) in [7, 11) is 0. The highest BCUT2D eigenvalue weighted by Gasteiger charge is 2.18. The maximum absolute atomic E-state index is 11.9. The van der Waals surface area contributed by atoms with Crippen molar-refractivity contribution in [1.29, 1.82) is 0 Å². The van der Waals surface area contributed by atoms with E-state index in [1.165, 1.54) is 0 Å². The summed E-state index contributed by atoms with van der Waals surface area (Å²) in [6.07, 6.45) is 3.90. The van der Waals surface area contributed by atoms with Crippen LogP contribution in [-0.2, 0) is 4.79 Å². The van der Waals surface area contributed by atoms with Crippen molar-refractivity contribution in [2.75, 3.05) is 6.61 Å². The number of hydrogen-bond donors (Lipinski definition) is 1. The van der Waals surface area contributed by atoms with Gasteiger partial charge in [-0.25, -0.2) is 5.43 Å². The summed E-state index contributed by atoms with van der Waals surface area (Å²) in [5.41, 5.74) is 5.65. The molecule has 0 fully saturated rings. The van der Waals surface area contributed by atoms with Gasteiger partial charge in [0.2, 0.25) is 0 Å². The minimum absolute atomic E-state index is 0.132. The van der Waals surface area contributed by atoms with E-state index >= 15 is 0 Å². The normalized spacial score (nSPS) is 19.2. The number of carbonyl (C=O) groups is 1. The minimum Gasteiger partial charge on any atom is -0.482 e. The molecule has 0 saturated heterocycles. The summed E-state index contributed by atoms with van der Waals surface area (Å²) in [5, 5.41) is 4.70. The zero-order valence-electron chi connectivity index (χ0n) is 13.4. The van der Waals surface area contributed by atoms with Crippen molar-refractivity contribution in [3.05, 3.63) is 53.1 Å². The van der Waals surface area contributed by atoms with Crippen LogP contribution >= 0.6 is 11.6 Å². The summed E-state index contributed by atoms with van der Waals surface area (Å²) in [5.74, 6) is 0.546. The van der Waals surface area contributed by atoms with Crippen LogP contribution < -0.4 is 10.2 Å². The Kier molecular flexibility index (Phi) is 5.99. The van der Waals surface area contributed by atoms with E-state index in [2.05, 4.69) is 23.2 Å². The number of allylic oxidation sites excluding steroid dienone is 3. The molecule has 1 N–H and O–H groups in total. The highest BCUT2D eigenvalue weighted by Crippen LogP contribution is 2.26. The first-order valence-corrected chi connectivity index (χ1v) is 7.90. The van der Waals surface area contributed by atoms with Crippen molar-refractivity contribution in [3.8, 4) is 5.75 Å². The number of hydrogen-bond acceptors (Lipinski definition) is 3. The predicted molar refractivity (Wildman–Crippen MR) is 93.8 cm³/mol. The Morgan fingerprint density at radius 3 is 2.91 bits per heavy atom. The van der Waals surface area contributed by atoms with Crippen LogP contribution in [-0.4, -0.2) is 18.2 Å². The molecule has 1 aliphatic rings. The number of rotatable bonds is 5. The highest BCUT2D eigenvalue weighted by molar-refractivity contribution is 6.32. The third-order valence-corrected chi connectivity index (χ3v) is 4.12. The van der Waals surface area contributed by atoms with Gasteiger partial charge < -0.3 is 4.74 Å². The monoisotopic (exact) mass is 332 g/mol. The lowest BCUT2D eigenvalue weighted by molar-refractivity contribution is -0.123. The van der Waals surface area contributed by atoms with Crippen molar-refractivity contribution in [1.82, 2.24) is 5.43 Å². The van der Waals surface area contributed by atoms with Crippen molar-refractivity contribution in [2.24, 2.45) is 11.0 Å². The molecule has 2 rings (SSSR count). The molecule has 0 saturated carbocycles. The first-order valence-electron chi connectivity index (χ1n) is 7.52. The first-order chi connectivity index (χ1) is 11.0. The second-order valence-electron chi connectivity index (χ2n) is 5.68. The average Bonchev–Trinajstić information content (AvgIpc) is 2.53. The van der Waals surface area contributed by atoms with Gasteiger partial charge in [0.05, 0.1) is 10.7 Å². The van der Waals surface area contributed by atoms with Crippen molar-refractivity contribution in [2.45, 2.75) is 26.7 Å². The number of hydrazone groups is 1. The maximum Gasteiger partial charge on any atom is 0.277 e. The zero-order valence-corrected chi connectivity index (χ0v) is 14.2. The molecule has 1 atom stereocenters. The highest BCUT2D eigenvalue weighted by atomic mass is 35.5. The summed E-state index contributed by atoms with van der Waals surface area (Å²) >= 11 is 5.97. The summed E-state index contributed by atoms with van der Waals surface area (Å²) in [6.45, 7) is 7.89. The SMILES string of the molecule is C=C(C)[C@@H]1CC=C(C)/C(=N/NC(=O)COc2ccccc2Cl)C1. The summed E-state index contributed by atoms with van der Waals surface area (Å²) < 4.78 is 5.38. The fourth-order valence-corrected chi connectivity index (χ4v) is 2.48. The lowest BCUT2D eigenvalue weighted by Crippen LogP contribution is -2.27. The average molecular weight is 333 g/mol.